The van der Waals surface area contributed by atoms with Gasteiger partial charge in [-0.3, -0.25) is 15.0 Å². The first-order chi connectivity index (χ1) is 10.1. The topological polar surface area (TPSA) is 58.4 Å². The molecule has 0 bridgehead atoms. The fraction of sp³-hybridized carbons (Fsp3) is 0.600. The summed E-state index contributed by atoms with van der Waals surface area (Å²) >= 11 is 3.27. The average molecular weight is 427 g/mol. The van der Waals surface area contributed by atoms with Gasteiger partial charge in [-0.15, -0.1) is 24.8 Å². The molecular weight excluding hydrogens is 405 g/mol. The summed E-state index contributed by atoms with van der Waals surface area (Å²) in [6.07, 6.45) is 3.74. The highest BCUT2D eigenvalue weighted by Crippen LogP contribution is 2.41. The normalized spacial score (nSPS) is 19.3. The van der Waals surface area contributed by atoms with E-state index in [1.165, 1.54) is 12.8 Å². The summed E-state index contributed by atoms with van der Waals surface area (Å²) in [7, 11) is 0. The van der Waals surface area contributed by atoms with Crippen molar-refractivity contribution in [3.8, 4) is 0 Å². The molecule has 130 valence electrons. The Kier molecular flexibility index (Phi) is 8.24. The Bertz CT molecular complexity index is 537. The van der Waals surface area contributed by atoms with Crippen molar-refractivity contribution in [2.24, 2.45) is 5.92 Å². The molecule has 1 aromatic carbocycles. The molecule has 2 aliphatic rings. The van der Waals surface area contributed by atoms with Gasteiger partial charge in [-0.05, 0) is 39.9 Å². The Morgan fingerprint density at radius 3 is 2.52 bits per heavy atom. The van der Waals surface area contributed by atoms with Crippen LogP contribution in [0.4, 0.5) is 5.69 Å². The lowest BCUT2D eigenvalue weighted by atomic mass is 9.98. The van der Waals surface area contributed by atoms with E-state index in [1.54, 1.807) is 6.07 Å². The standard InChI is InChI=1S/C15H20BrN3O2.2ClH/c16-13-4-3-12(10-15(13)19(20)21)14(9-11-1-2-11)18-7-5-17-6-8-18;;/h3-4,10-11,14,17H,1-2,5-9H2;2*1H/t14-;;/m0../s1. The second-order valence-electron chi connectivity index (χ2n) is 5.95. The quantitative estimate of drug-likeness (QED) is 0.572. The van der Waals surface area contributed by atoms with Crippen LogP contribution >= 0.6 is 40.7 Å². The molecule has 1 aliphatic heterocycles. The van der Waals surface area contributed by atoms with E-state index >= 15 is 0 Å². The minimum atomic E-state index is -0.306. The van der Waals surface area contributed by atoms with Crippen LogP contribution in [0.3, 0.4) is 0 Å². The van der Waals surface area contributed by atoms with Crippen molar-refractivity contribution < 1.29 is 4.92 Å². The van der Waals surface area contributed by atoms with Crippen molar-refractivity contribution in [1.29, 1.82) is 0 Å². The van der Waals surface area contributed by atoms with Crippen LogP contribution in [0.15, 0.2) is 22.7 Å². The van der Waals surface area contributed by atoms with E-state index in [2.05, 4.69) is 26.1 Å². The van der Waals surface area contributed by atoms with Crippen LogP contribution in [0.5, 0.6) is 0 Å². The van der Waals surface area contributed by atoms with Gasteiger partial charge in [0.25, 0.3) is 5.69 Å². The number of halogens is 3. The van der Waals surface area contributed by atoms with Crippen LogP contribution in [0, 0.1) is 16.0 Å². The Morgan fingerprint density at radius 2 is 1.96 bits per heavy atom. The highest BCUT2D eigenvalue weighted by atomic mass is 79.9. The lowest BCUT2D eigenvalue weighted by Gasteiger charge is -2.35. The monoisotopic (exact) mass is 425 g/mol. The van der Waals surface area contributed by atoms with Crippen molar-refractivity contribution in [2.45, 2.75) is 25.3 Å². The Morgan fingerprint density at radius 1 is 1.30 bits per heavy atom. The predicted molar refractivity (Wildman–Crippen MR) is 99.8 cm³/mol. The molecule has 0 radical (unpaired) electrons. The molecule has 0 unspecified atom stereocenters. The van der Waals surface area contributed by atoms with Crippen LogP contribution in [0.2, 0.25) is 0 Å². The molecule has 1 N–H and O–H groups in total. The molecule has 1 heterocycles. The summed E-state index contributed by atoms with van der Waals surface area (Å²) in [5, 5.41) is 14.5. The molecule has 1 aromatic rings. The molecule has 8 heteroatoms. The Balaban J connectivity index is 0.00000132. The molecular formula is C15H22BrCl2N3O2. The first-order valence-corrected chi connectivity index (χ1v) is 8.33. The highest BCUT2D eigenvalue weighted by molar-refractivity contribution is 9.10. The average Bonchev–Trinajstić information content (AvgIpc) is 3.30. The summed E-state index contributed by atoms with van der Waals surface area (Å²) in [4.78, 5) is 13.3. The number of nitro benzene ring substituents is 1. The van der Waals surface area contributed by atoms with E-state index in [1.807, 2.05) is 12.1 Å². The molecule has 0 aromatic heterocycles. The maximum atomic E-state index is 11.2. The molecule has 23 heavy (non-hydrogen) atoms. The lowest BCUT2D eigenvalue weighted by molar-refractivity contribution is -0.385. The number of hydrogen-bond donors (Lipinski definition) is 1. The van der Waals surface area contributed by atoms with E-state index in [0.29, 0.717) is 10.5 Å². The van der Waals surface area contributed by atoms with E-state index in [0.717, 1.165) is 44.1 Å². The van der Waals surface area contributed by atoms with Crippen LogP contribution in [-0.2, 0) is 0 Å². The first kappa shape index (κ1) is 20.6. The number of piperazine rings is 1. The van der Waals surface area contributed by atoms with Gasteiger partial charge in [-0.1, -0.05) is 18.9 Å². The van der Waals surface area contributed by atoms with Crippen molar-refractivity contribution in [1.82, 2.24) is 10.2 Å². The molecule has 1 atom stereocenters. The number of hydrogen-bond acceptors (Lipinski definition) is 4. The van der Waals surface area contributed by atoms with Gasteiger partial charge in [-0.25, -0.2) is 0 Å². The van der Waals surface area contributed by atoms with Gasteiger partial charge >= 0.3 is 0 Å². The van der Waals surface area contributed by atoms with Gasteiger partial charge in [0, 0.05) is 38.3 Å². The molecule has 3 rings (SSSR count). The molecule has 2 fully saturated rings. The minimum absolute atomic E-state index is 0. The van der Waals surface area contributed by atoms with Gasteiger partial charge in [0.05, 0.1) is 9.40 Å². The third-order valence-electron chi connectivity index (χ3n) is 4.40. The summed E-state index contributed by atoms with van der Waals surface area (Å²) in [5.74, 6) is 0.799. The number of rotatable bonds is 5. The molecule has 0 amide bonds. The van der Waals surface area contributed by atoms with Gasteiger partial charge in [0.15, 0.2) is 0 Å². The zero-order valence-electron chi connectivity index (χ0n) is 12.7. The Labute approximate surface area is 157 Å². The van der Waals surface area contributed by atoms with Gasteiger partial charge in [0.2, 0.25) is 0 Å². The minimum Gasteiger partial charge on any atom is -0.314 e. The third-order valence-corrected chi connectivity index (χ3v) is 5.07. The molecule has 1 saturated heterocycles. The zero-order chi connectivity index (χ0) is 14.8. The maximum absolute atomic E-state index is 11.2. The van der Waals surface area contributed by atoms with E-state index < -0.39 is 0 Å². The fourth-order valence-corrected chi connectivity index (χ4v) is 3.43. The molecule has 1 aliphatic carbocycles. The third kappa shape index (κ3) is 5.29. The van der Waals surface area contributed by atoms with Crippen molar-refractivity contribution >= 4 is 46.4 Å². The summed E-state index contributed by atoms with van der Waals surface area (Å²) in [6.45, 7) is 4.03. The fourth-order valence-electron chi connectivity index (χ4n) is 3.04. The predicted octanol–water partition coefficient (Wildman–Crippen LogP) is 3.95. The summed E-state index contributed by atoms with van der Waals surface area (Å²) in [5.41, 5.74) is 1.25. The van der Waals surface area contributed by atoms with Crippen LogP contribution in [0.1, 0.15) is 30.9 Å². The van der Waals surface area contributed by atoms with E-state index in [9.17, 15) is 10.1 Å². The second-order valence-corrected chi connectivity index (χ2v) is 6.80. The van der Waals surface area contributed by atoms with Gasteiger partial charge in [-0.2, -0.15) is 0 Å². The van der Waals surface area contributed by atoms with Crippen molar-refractivity contribution in [3.63, 3.8) is 0 Å². The summed E-state index contributed by atoms with van der Waals surface area (Å²) in [6, 6.07) is 5.91. The number of nitrogens with zero attached hydrogens (tertiary/aromatic N) is 2. The molecule has 0 spiro atoms. The molecule has 1 saturated carbocycles. The van der Waals surface area contributed by atoms with Crippen molar-refractivity contribution in [3.05, 3.63) is 38.3 Å². The van der Waals surface area contributed by atoms with Crippen LogP contribution in [-0.4, -0.2) is 36.0 Å². The first-order valence-electron chi connectivity index (χ1n) is 7.54. The number of nitrogens with one attached hydrogen (secondary N) is 1. The number of nitro groups is 1. The van der Waals surface area contributed by atoms with Crippen LogP contribution < -0.4 is 5.32 Å². The Hall–Kier alpha value is -0.400. The lowest BCUT2D eigenvalue weighted by Crippen LogP contribution is -2.45. The SMILES string of the molecule is Cl.Cl.O=[N+]([O-])c1cc([C@H](CC2CC2)N2CCNCC2)ccc1Br. The highest BCUT2D eigenvalue weighted by Gasteiger charge is 2.31. The largest absolute Gasteiger partial charge is 0.314 e. The summed E-state index contributed by atoms with van der Waals surface area (Å²) < 4.78 is 0.557. The van der Waals surface area contributed by atoms with Gasteiger partial charge in [0.1, 0.15) is 0 Å². The molecule has 5 nitrogen and oxygen atoms in total. The van der Waals surface area contributed by atoms with Crippen molar-refractivity contribution in [2.75, 3.05) is 26.2 Å². The van der Waals surface area contributed by atoms with Crippen LogP contribution in [0.25, 0.3) is 0 Å². The maximum Gasteiger partial charge on any atom is 0.283 e. The van der Waals surface area contributed by atoms with Gasteiger partial charge < -0.3 is 5.32 Å². The number of benzene rings is 1. The zero-order valence-corrected chi connectivity index (χ0v) is 16.0. The van der Waals surface area contributed by atoms with E-state index in [4.69, 9.17) is 0 Å². The smallest absolute Gasteiger partial charge is 0.283 e. The second kappa shape index (κ2) is 9.18. The van der Waals surface area contributed by atoms with E-state index in [-0.39, 0.29) is 35.4 Å².